The maximum Gasteiger partial charge on any atom is 0.327 e. The predicted octanol–water partition coefficient (Wildman–Crippen LogP) is 3.68. The third-order valence-electron chi connectivity index (χ3n) is 3.44. The van der Waals surface area contributed by atoms with Gasteiger partial charge in [-0.25, -0.2) is 13.2 Å². The number of carboxylic acids is 1. The van der Waals surface area contributed by atoms with Crippen molar-refractivity contribution in [2.45, 2.75) is 17.9 Å². The number of benzene rings is 2. The van der Waals surface area contributed by atoms with Crippen molar-refractivity contribution in [3.63, 3.8) is 0 Å². The standard InChI is InChI=1S/C15H12BrClN2O6S/c1-9(15(20)21)18(14-6-5-10(16)7-13(14)17)26(24,25)12-4-2-3-11(8-12)19(22)23/h2-9H,1H3,(H,20,21). The lowest BCUT2D eigenvalue weighted by Gasteiger charge is -2.28. The number of nitrogens with zero attached hydrogens (tertiary/aromatic N) is 2. The molecule has 2 rings (SSSR count). The lowest BCUT2D eigenvalue weighted by atomic mass is 10.2. The van der Waals surface area contributed by atoms with E-state index in [2.05, 4.69) is 15.9 Å². The van der Waals surface area contributed by atoms with Gasteiger partial charge in [-0.1, -0.05) is 33.6 Å². The van der Waals surface area contributed by atoms with E-state index < -0.39 is 37.5 Å². The van der Waals surface area contributed by atoms with Gasteiger partial charge in [-0.15, -0.1) is 0 Å². The fourth-order valence-electron chi connectivity index (χ4n) is 2.18. The third-order valence-corrected chi connectivity index (χ3v) is 6.12. The van der Waals surface area contributed by atoms with Gasteiger partial charge in [0.2, 0.25) is 0 Å². The molecule has 2 aromatic carbocycles. The van der Waals surface area contributed by atoms with Gasteiger partial charge in [-0.05, 0) is 31.2 Å². The Bertz CT molecular complexity index is 982. The highest BCUT2D eigenvalue weighted by molar-refractivity contribution is 9.10. The highest BCUT2D eigenvalue weighted by atomic mass is 79.9. The monoisotopic (exact) mass is 462 g/mol. The third kappa shape index (κ3) is 3.97. The van der Waals surface area contributed by atoms with Gasteiger partial charge in [0.25, 0.3) is 15.7 Å². The van der Waals surface area contributed by atoms with Gasteiger partial charge >= 0.3 is 5.97 Å². The van der Waals surface area contributed by atoms with Gasteiger partial charge in [-0.2, -0.15) is 0 Å². The summed E-state index contributed by atoms with van der Waals surface area (Å²) in [6.07, 6.45) is 0. The van der Waals surface area contributed by atoms with Crippen molar-refractivity contribution >= 4 is 54.9 Å². The number of non-ortho nitro benzene ring substituents is 1. The van der Waals surface area contributed by atoms with Crippen LogP contribution < -0.4 is 4.31 Å². The number of aliphatic carboxylic acids is 1. The van der Waals surface area contributed by atoms with E-state index in [-0.39, 0.29) is 10.7 Å². The molecule has 0 saturated carbocycles. The zero-order valence-electron chi connectivity index (χ0n) is 13.2. The second-order valence-electron chi connectivity index (χ2n) is 5.17. The number of sulfonamides is 1. The van der Waals surface area contributed by atoms with E-state index in [0.717, 1.165) is 18.2 Å². The van der Waals surface area contributed by atoms with Crippen LogP contribution in [-0.4, -0.2) is 30.5 Å². The Morgan fingerprint density at radius 1 is 1.31 bits per heavy atom. The molecule has 11 heteroatoms. The van der Waals surface area contributed by atoms with E-state index in [1.165, 1.54) is 31.2 Å². The largest absolute Gasteiger partial charge is 0.480 e. The molecule has 0 bridgehead atoms. The second-order valence-corrected chi connectivity index (χ2v) is 8.30. The summed E-state index contributed by atoms with van der Waals surface area (Å²) in [7, 11) is -4.44. The number of hydrogen-bond acceptors (Lipinski definition) is 5. The fraction of sp³-hybridized carbons (Fsp3) is 0.133. The van der Waals surface area contributed by atoms with Gasteiger partial charge in [0, 0.05) is 16.6 Å². The summed E-state index contributed by atoms with van der Waals surface area (Å²) >= 11 is 9.30. The number of carboxylic acid groups (broad SMARTS) is 1. The predicted molar refractivity (Wildman–Crippen MR) is 99.0 cm³/mol. The zero-order chi connectivity index (χ0) is 19.6. The Morgan fingerprint density at radius 3 is 2.50 bits per heavy atom. The van der Waals surface area contributed by atoms with Crippen LogP contribution in [0.3, 0.4) is 0 Å². The molecule has 138 valence electrons. The molecule has 0 aromatic heterocycles. The van der Waals surface area contributed by atoms with Crippen LogP contribution in [0.15, 0.2) is 51.8 Å². The maximum absolute atomic E-state index is 13.1. The molecule has 0 saturated heterocycles. The fourth-order valence-corrected chi connectivity index (χ4v) is 4.66. The summed E-state index contributed by atoms with van der Waals surface area (Å²) in [5.74, 6) is -1.40. The topological polar surface area (TPSA) is 118 Å². The second kappa shape index (κ2) is 7.60. The van der Waals surface area contributed by atoms with Gasteiger partial charge in [-0.3, -0.25) is 14.4 Å². The van der Waals surface area contributed by atoms with E-state index in [9.17, 15) is 28.4 Å². The lowest BCUT2D eigenvalue weighted by Crippen LogP contribution is -2.43. The minimum atomic E-state index is -4.44. The number of nitro groups is 1. The van der Waals surface area contributed by atoms with E-state index >= 15 is 0 Å². The molecular weight excluding hydrogens is 452 g/mol. The Balaban J connectivity index is 2.70. The summed E-state index contributed by atoms with van der Waals surface area (Å²) < 4.78 is 27.3. The SMILES string of the molecule is CC(C(=O)O)N(c1ccc(Br)cc1Cl)S(=O)(=O)c1cccc([N+](=O)[O-])c1. The Morgan fingerprint density at radius 2 is 1.96 bits per heavy atom. The quantitative estimate of drug-likeness (QED) is 0.516. The maximum atomic E-state index is 13.1. The van der Waals surface area contributed by atoms with Crippen molar-refractivity contribution in [2.24, 2.45) is 0 Å². The lowest BCUT2D eigenvalue weighted by molar-refractivity contribution is -0.385. The molecule has 1 unspecified atom stereocenters. The van der Waals surface area contributed by atoms with Crippen molar-refractivity contribution in [1.29, 1.82) is 0 Å². The van der Waals surface area contributed by atoms with Crippen molar-refractivity contribution in [1.82, 2.24) is 0 Å². The first kappa shape index (κ1) is 20.1. The molecule has 0 aliphatic rings. The summed E-state index contributed by atoms with van der Waals surface area (Å²) in [4.78, 5) is 21.3. The molecule has 2 aromatic rings. The molecule has 8 nitrogen and oxygen atoms in total. The smallest absolute Gasteiger partial charge is 0.327 e. The Labute approximate surface area is 162 Å². The first-order chi connectivity index (χ1) is 12.1. The van der Waals surface area contributed by atoms with E-state index in [4.69, 9.17) is 11.6 Å². The van der Waals surface area contributed by atoms with Gasteiger partial charge in [0.1, 0.15) is 6.04 Å². The highest BCUT2D eigenvalue weighted by Gasteiger charge is 2.35. The number of carbonyl (C=O) groups is 1. The average molecular weight is 464 g/mol. The normalized spacial score (nSPS) is 12.4. The van der Waals surface area contributed by atoms with E-state index in [1.807, 2.05) is 0 Å². The molecule has 0 radical (unpaired) electrons. The molecule has 0 heterocycles. The summed E-state index contributed by atoms with van der Waals surface area (Å²) in [5, 5.41) is 20.3. The summed E-state index contributed by atoms with van der Waals surface area (Å²) in [5.41, 5.74) is -0.493. The molecular formula is C15H12BrClN2O6S. The van der Waals surface area contributed by atoms with Gasteiger partial charge in [0.05, 0.1) is 20.5 Å². The molecule has 0 spiro atoms. The van der Waals surface area contributed by atoms with Crippen LogP contribution in [-0.2, 0) is 14.8 Å². The van der Waals surface area contributed by atoms with Crippen LogP contribution in [0.4, 0.5) is 11.4 Å². The number of hydrogen-bond donors (Lipinski definition) is 1. The number of rotatable bonds is 6. The number of nitro benzene ring substituents is 1. The van der Waals surface area contributed by atoms with Crippen LogP contribution in [0, 0.1) is 10.1 Å². The summed E-state index contributed by atoms with van der Waals surface area (Å²) in [6, 6.07) is 7.13. The van der Waals surface area contributed by atoms with Gasteiger partial charge < -0.3 is 5.11 Å². The Kier molecular flexibility index (Phi) is 5.89. The van der Waals surface area contributed by atoms with Crippen LogP contribution >= 0.6 is 27.5 Å². The molecule has 0 aliphatic carbocycles. The number of anilines is 1. The van der Waals surface area contributed by atoms with Crippen molar-refractivity contribution in [3.8, 4) is 0 Å². The van der Waals surface area contributed by atoms with Crippen LogP contribution in [0.2, 0.25) is 5.02 Å². The first-order valence-electron chi connectivity index (χ1n) is 7.02. The van der Waals surface area contributed by atoms with Crippen LogP contribution in [0.5, 0.6) is 0 Å². The molecule has 1 N–H and O–H groups in total. The molecule has 26 heavy (non-hydrogen) atoms. The van der Waals surface area contributed by atoms with E-state index in [0.29, 0.717) is 8.78 Å². The molecule has 0 fully saturated rings. The molecule has 0 aliphatic heterocycles. The van der Waals surface area contributed by atoms with Crippen molar-refractivity contribution in [2.75, 3.05) is 4.31 Å². The van der Waals surface area contributed by atoms with Crippen molar-refractivity contribution < 1.29 is 23.2 Å². The Hall–Kier alpha value is -2.17. The number of halogens is 2. The zero-order valence-corrected chi connectivity index (χ0v) is 16.3. The first-order valence-corrected chi connectivity index (χ1v) is 9.63. The molecule has 0 amide bonds. The minimum absolute atomic E-state index is 0.00137. The molecule has 1 atom stereocenters. The minimum Gasteiger partial charge on any atom is -0.480 e. The summed E-state index contributed by atoms with van der Waals surface area (Å²) in [6.45, 7) is 1.18. The van der Waals surface area contributed by atoms with E-state index in [1.54, 1.807) is 0 Å². The van der Waals surface area contributed by atoms with Crippen LogP contribution in [0.25, 0.3) is 0 Å². The van der Waals surface area contributed by atoms with Crippen molar-refractivity contribution in [3.05, 3.63) is 62.1 Å². The van der Waals surface area contributed by atoms with Gasteiger partial charge in [0.15, 0.2) is 0 Å². The average Bonchev–Trinajstić information content (AvgIpc) is 2.56. The highest BCUT2D eigenvalue weighted by Crippen LogP contribution is 2.35. The van der Waals surface area contributed by atoms with Crippen LogP contribution in [0.1, 0.15) is 6.92 Å².